The van der Waals surface area contributed by atoms with E-state index in [9.17, 15) is 15.0 Å². The predicted octanol–water partition coefficient (Wildman–Crippen LogP) is 7.35. The molecule has 5 aromatic carbocycles. The van der Waals surface area contributed by atoms with Crippen molar-refractivity contribution in [2.24, 2.45) is 0 Å². The molecule has 10 heteroatoms. The number of benzene rings is 5. The quantitative estimate of drug-likeness (QED) is 0.135. The minimum atomic E-state index is -0.602. The molecule has 0 saturated carbocycles. The van der Waals surface area contributed by atoms with Crippen molar-refractivity contribution in [1.82, 2.24) is 9.80 Å². The maximum absolute atomic E-state index is 13.9. The lowest BCUT2D eigenvalue weighted by Gasteiger charge is -2.37. The number of ether oxygens (including phenoxy) is 5. The van der Waals surface area contributed by atoms with Gasteiger partial charge in [-0.25, -0.2) is 4.79 Å². The van der Waals surface area contributed by atoms with E-state index in [-0.39, 0.29) is 31.0 Å². The van der Waals surface area contributed by atoms with Crippen molar-refractivity contribution < 1.29 is 38.7 Å². The van der Waals surface area contributed by atoms with Crippen LogP contribution < -0.4 is 23.7 Å². The molecule has 0 spiro atoms. The average molecular weight is 743 g/mol. The zero-order chi connectivity index (χ0) is 38.2. The maximum Gasteiger partial charge on any atom is 0.343 e. The molecule has 4 heterocycles. The number of methoxy groups -OCH3 is 2. The van der Waals surface area contributed by atoms with Gasteiger partial charge in [0.1, 0.15) is 17.2 Å². The molecule has 0 saturated heterocycles. The summed E-state index contributed by atoms with van der Waals surface area (Å²) in [5.74, 6) is 2.91. The van der Waals surface area contributed by atoms with E-state index in [4.69, 9.17) is 23.7 Å². The Morgan fingerprint density at radius 1 is 0.727 bits per heavy atom. The van der Waals surface area contributed by atoms with E-state index in [1.165, 1.54) is 0 Å². The number of aliphatic hydroxyl groups excluding tert-OH is 2. The summed E-state index contributed by atoms with van der Waals surface area (Å²) in [5, 5.41) is 21.6. The zero-order valence-electron chi connectivity index (χ0n) is 31.6. The number of carbonyl (C=O) groups excluding carboxylic acids is 1. The van der Waals surface area contributed by atoms with Crippen molar-refractivity contribution in [3.8, 4) is 40.2 Å². The second-order valence-electron chi connectivity index (χ2n) is 14.6. The first-order valence-corrected chi connectivity index (χ1v) is 18.7. The van der Waals surface area contributed by atoms with Crippen molar-refractivity contribution >= 4 is 5.97 Å². The Hall–Kier alpha value is -5.39. The zero-order valence-corrected chi connectivity index (χ0v) is 31.6. The molecule has 9 rings (SSSR count). The van der Waals surface area contributed by atoms with Crippen LogP contribution in [0, 0.1) is 0 Å². The lowest BCUT2D eigenvalue weighted by molar-refractivity contribution is 0.0725. The molecule has 10 nitrogen and oxygen atoms in total. The SMILES string of the molecule is COc1ccc(C(=O)Oc2c(CO)cc3c4c2Oc2cc5c(cc2CO)CCN(C)[C@H]5Cc2ccc(cc2)Oc2cc(ccc2OC)C[C@@H]4N(C)CC3)cc1. The Morgan fingerprint density at radius 3 is 2.11 bits per heavy atom. The van der Waals surface area contributed by atoms with E-state index < -0.39 is 5.97 Å². The van der Waals surface area contributed by atoms with E-state index in [0.29, 0.717) is 64.0 Å². The molecule has 6 bridgehead atoms. The Bertz CT molecular complexity index is 2220. The third-order valence-corrected chi connectivity index (χ3v) is 11.3. The Morgan fingerprint density at radius 2 is 1.40 bits per heavy atom. The van der Waals surface area contributed by atoms with Crippen LogP contribution in [0.4, 0.5) is 0 Å². The molecule has 2 atom stereocenters. The highest BCUT2D eigenvalue weighted by molar-refractivity contribution is 5.92. The van der Waals surface area contributed by atoms with Crippen LogP contribution in [0.3, 0.4) is 0 Å². The summed E-state index contributed by atoms with van der Waals surface area (Å²) in [5.41, 5.74) is 7.66. The minimum Gasteiger partial charge on any atom is -0.497 e. The predicted molar refractivity (Wildman–Crippen MR) is 208 cm³/mol. The second kappa shape index (κ2) is 15.4. The number of hydrogen-bond donors (Lipinski definition) is 2. The van der Waals surface area contributed by atoms with Crippen LogP contribution in [-0.2, 0) is 38.9 Å². The molecule has 0 radical (unpaired) electrons. The third kappa shape index (κ3) is 7.14. The van der Waals surface area contributed by atoms with Gasteiger partial charge in [-0.3, -0.25) is 9.80 Å². The number of carbonyl (C=O) groups is 1. The molecule has 5 aromatic rings. The topological polar surface area (TPSA) is 110 Å². The number of nitrogens with zero attached hydrogens (tertiary/aromatic N) is 2. The van der Waals surface area contributed by atoms with Crippen molar-refractivity contribution in [3.05, 3.63) is 135 Å². The average Bonchev–Trinajstić information content (AvgIpc) is 3.21. The van der Waals surface area contributed by atoms with Crippen molar-refractivity contribution in [3.63, 3.8) is 0 Å². The van der Waals surface area contributed by atoms with Crippen molar-refractivity contribution in [2.45, 2.75) is 51.0 Å². The summed E-state index contributed by atoms with van der Waals surface area (Å²) >= 11 is 0. The highest BCUT2D eigenvalue weighted by Crippen LogP contribution is 2.49. The Balaban J connectivity index is 1.35. The van der Waals surface area contributed by atoms with Crippen LogP contribution in [0.5, 0.6) is 40.2 Å². The summed E-state index contributed by atoms with van der Waals surface area (Å²) in [7, 11) is 7.41. The van der Waals surface area contributed by atoms with Gasteiger partial charge in [0.25, 0.3) is 0 Å². The molecular weight excluding hydrogens is 697 g/mol. The molecule has 0 aromatic heterocycles. The number of rotatable bonds is 6. The highest BCUT2D eigenvalue weighted by Gasteiger charge is 2.35. The molecule has 2 N–H and O–H groups in total. The van der Waals surface area contributed by atoms with Crippen LogP contribution in [-0.4, -0.2) is 67.4 Å². The highest BCUT2D eigenvalue weighted by atomic mass is 16.6. The van der Waals surface area contributed by atoms with Gasteiger partial charge in [-0.05, 0) is 134 Å². The second-order valence-corrected chi connectivity index (χ2v) is 14.6. The summed E-state index contributed by atoms with van der Waals surface area (Å²) in [6, 6.07) is 26.7. The maximum atomic E-state index is 13.9. The lowest BCUT2D eigenvalue weighted by atomic mass is 9.86. The van der Waals surface area contributed by atoms with E-state index in [1.807, 2.05) is 48.5 Å². The van der Waals surface area contributed by atoms with Gasteiger partial charge in [-0.1, -0.05) is 18.2 Å². The van der Waals surface area contributed by atoms with Gasteiger partial charge in [-0.2, -0.15) is 0 Å². The van der Waals surface area contributed by atoms with E-state index in [0.717, 1.165) is 59.3 Å². The lowest BCUT2D eigenvalue weighted by Crippen LogP contribution is -2.34. The minimum absolute atomic E-state index is 0.0326. The fourth-order valence-corrected chi connectivity index (χ4v) is 8.18. The van der Waals surface area contributed by atoms with Gasteiger partial charge in [0.15, 0.2) is 23.0 Å². The van der Waals surface area contributed by atoms with Crippen molar-refractivity contribution in [2.75, 3.05) is 41.4 Å². The molecule has 55 heavy (non-hydrogen) atoms. The van der Waals surface area contributed by atoms with E-state index in [1.54, 1.807) is 38.5 Å². The van der Waals surface area contributed by atoms with Crippen molar-refractivity contribution in [1.29, 1.82) is 0 Å². The smallest absolute Gasteiger partial charge is 0.343 e. The van der Waals surface area contributed by atoms with Gasteiger partial charge in [-0.15, -0.1) is 0 Å². The summed E-state index contributed by atoms with van der Waals surface area (Å²) < 4.78 is 30.9. The molecule has 0 fully saturated rings. The number of esters is 1. The fraction of sp³-hybridized carbons (Fsp3) is 0.311. The molecule has 4 aliphatic rings. The number of aliphatic hydroxyl groups is 2. The summed E-state index contributed by atoms with van der Waals surface area (Å²) in [6.45, 7) is 1.00. The normalized spacial score (nSPS) is 17.9. The van der Waals surface area contributed by atoms with E-state index in [2.05, 4.69) is 36.0 Å². The standard InChI is InChI=1S/C45H46N2O8/c1-46-17-15-30-22-32(25-48)40-24-36(30)37(46)19-27-5-10-35(11-6-27)53-41-21-28(7-14-39(41)52-4)20-38-42-31(16-18-47(38)2)23-33(26-49)43(44(42)54-40)55-45(50)29-8-12-34(51-3)13-9-29/h5-14,21-24,37-38,48-49H,15-20,25-26H2,1-4H3/t37-,38-/m0/s1. The van der Waals surface area contributed by atoms with E-state index >= 15 is 0 Å². The van der Waals surface area contributed by atoms with Gasteiger partial charge in [0.05, 0.1) is 33.0 Å². The van der Waals surface area contributed by atoms with Crippen LogP contribution in [0.2, 0.25) is 0 Å². The number of likely N-dealkylation sites (N-methyl/N-ethyl adjacent to an activating group) is 2. The molecule has 4 aliphatic heterocycles. The Kier molecular flexibility index (Phi) is 10.2. The van der Waals surface area contributed by atoms with Crippen LogP contribution in [0.1, 0.15) is 66.9 Å². The fourth-order valence-electron chi connectivity index (χ4n) is 8.18. The number of hydrogen-bond acceptors (Lipinski definition) is 10. The van der Waals surface area contributed by atoms with Gasteiger partial charge < -0.3 is 33.9 Å². The molecule has 284 valence electrons. The molecule has 0 unspecified atom stereocenters. The Labute approximate surface area is 321 Å². The molecule has 0 amide bonds. The summed E-state index contributed by atoms with van der Waals surface area (Å²) in [4.78, 5) is 18.5. The largest absolute Gasteiger partial charge is 0.497 e. The van der Waals surface area contributed by atoms with Crippen LogP contribution >= 0.6 is 0 Å². The molecular formula is C45H46N2O8. The molecule has 0 aliphatic carbocycles. The first kappa shape index (κ1) is 36.6. The number of fused-ring (bicyclic) bond motifs is 2. The van der Waals surface area contributed by atoms with Crippen LogP contribution in [0.25, 0.3) is 0 Å². The monoisotopic (exact) mass is 742 g/mol. The first-order chi connectivity index (χ1) is 26.8. The summed E-state index contributed by atoms with van der Waals surface area (Å²) in [6.07, 6.45) is 2.82. The first-order valence-electron chi connectivity index (χ1n) is 18.7. The van der Waals surface area contributed by atoms with Gasteiger partial charge >= 0.3 is 5.97 Å². The van der Waals surface area contributed by atoms with Gasteiger partial charge in [0.2, 0.25) is 0 Å². The van der Waals surface area contributed by atoms with Crippen LogP contribution in [0.15, 0.2) is 84.9 Å². The third-order valence-electron chi connectivity index (χ3n) is 11.3. The van der Waals surface area contributed by atoms with Gasteiger partial charge in [0, 0.05) is 41.9 Å².